The van der Waals surface area contributed by atoms with Crippen molar-refractivity contribution < 1.29 is 4.42 Å². The number of piperazine rings is 1. The van der Waals surface area contributed by atoms with Crippen molar-refractivity contribution in [2.24, 2.45) is 0 Å². The van der Waals surface area contributed by atoms with E-state index in [1.165, 1.54) is 13.1 Å². The van der Waals surface area contributed by atoms with Gasteiger partial charge in [-0.05, 0) is 27.1 Å². The van der Waals surface area contributed by atoms with E-state index in [1.807, 2.05) is 13.2 Å². The molecule has 108 valence electrons. The van der Waals surface area contributed by atoms with Gasteiger partial charge in [0.2, 0.25) is 0 Å². The normalized spacial score (nSPS) is 18.0. The molecule has 1 saturated heterocycles. The van der Waals surface area contributed by atoms with E-state index < -0.39 is 0 Å². The average Bonchev–Trinajstić information content (AvgIpc) is 2.86. The van der Waals surface area contributed by atoms with Gasteiger partial charge in [0, 0.05) is 45.6 Å². The lowest BCUT2D eigenvalue weighted by atomic mass is 10.3. The number of hydrogen-bond acceptors (Lipinski definition) is 5. The predicted molar refractivity (Wildman–Crippen MR) is 76.4 cm³/mol. The summed E-state index contributed by atoms with van der Waals surface area (Å²) >= 11 is 0. The molecule has 5 heteroatoms. The predicted octanol–water partition coefficient (Wildman–Crippen LogP) is 0.617. The summed E-state index contributed by atoms with van der Waals surface area (Å²) in [6.07, 6.45) is 4.89. The fraction of sp³-hybridized carbons (Fsp3) is 0.786. The first kappa shape index (κ1) is 14.5. The van der Waals surface area contributed by atoms with Crippen molar-refractivity contribution in [3.8, 4) is 0 Å². The van der Waals surface area contributed by atoms with E-state index in [4.69, 9.17) is 4.42 Å². The number of aryl methyl sites for hydroxylation is 1. The molecular formula is C14H26N4O. The summed E-state index contributed by atoms with van der Waals surface area (Å²) in [4.78, 5) is 9.24. The van der Waals surface area contributed by atoms with Crippen molar-refractivity contribution in [3.05, 3.63) is 17.8 Å². The van der Waals surface area contributed by atoms with Crippen LogP contribution in [0.25, 0.3) is 0 Å². The van der Waals surface area contributed by atoms with E-state index in [2.05, 4.69) is 27.1 Å². The fourth-order valence-electron chi connectivity index (χ4n) is 2.34. The van der Waals surface area contributed by atoms with Crippen LogP contribution in [0, 0.1) is 0 Å². The summed E-state index contributed by atoms with van der Waals surface area (Å²) in [6, 6.07) is 0. The number of likely N-dealkylation sites (N-methyl/N-ethyl adjacent to an activating group) is 1. The van der Waals surface area contributed by atoms with Crippen molar-refractivity contribution in [2.75, 3.05) is 53.4 Å². The quantitative estimate of drug-likeness (QED) is 0.733. The first-order valence-electron chi connectivity index (χ1n) is 7.27. The number of oxazole rings is 1. The van der Waals surface area contributed by atoms with Crippen LogP contribution >= 0.6 is 0 Å². The molecule has 0 atom stereocenters. The molecule has 5 nitrogen and oxygen atoms in total. The second-order valence-corrected chi connectivity index (χ2v) is 5.32. The molecule has 1 aromatic heterocycles. The zero-order chi connectivity index (χ0) is 13.5. The Labute approximate surface area is 116 Å². The molecule has 0 bridgehead atoms. The molecule has 1 aromatic rings. The highest BCUT2D eigenvalue weighted by molar-refractivity contribution is 4.95. The lowest BCUT2D eigenvalue weighted by Gasteiger charge is -2.31. The molecule has 0 unspecified atom stereocenters. The molecule has 1 aliphatic rings. The van der Waals surface area contributed by atoms with Crippen LogP contribution in [0.15, 0.2) is 10.6 Å². The smallest absolute Gasteiger partial charge is 0.195 e. The van der Waals surface area contributed by atoms with Crippen LogP contribution in [0.2, 0.25) is 0 Å². The SMILES string of the molecule is CNCCCc1cnc(CCN2CCN(C)CC2)o1. The van der Waals surface area contributed by atoms with Gasteiger partial charge < -0.3 is 19.5 Å². The molecule has 0 saturated carbocycles. The topological polar surface area (TPSA) is 44.5 Å². The summed E-state index contributed by atoms with van der Waals surface area (Å²) in [6.45, 7) is 6.74. The Bertz CT molecular complexity index is 358. The maximum Gasteiger partial charge on any atom is 0.195 e. The third-order valence-electron chi connectivity index (χ3n) is 3.69. The van der Waals surface area contributed by atoms with Gasteiger partial charge in [-0.2, -0.15) is 0 Å². The fourth-order valence-corrected chi connectivity index (χ4v) is 2.34. The van der Waals surface area contributed by atoms with Crippen molar-refractivity contribution >= 4 is 0 Å². The van der Waals surface area contributed by atoms with Crippen molar-refractivity contribution in [1.82, 2.24) is 20.1 Å². The molecule has 0 aliphatic carbocycles. The average molecular weight is 266 g/mol. The molecule has 0 radical (unpaired) electrons. The lowest BCUT2D eigenvalue weighted by Crippen LogP contribution is -2.45. The Kier molecular flexibility index (Phi) is 5.82. The van der Waals surface area contributed by atoms with Gasteiger partial charge in [0.25, 0.3) is 0 Å². The largest absolute Gasteiger partial charge is 0.446 e. The molecule has 0 amide bonds. The number of nitrogens with one attached hydrogen (secondary N) is 1. The maximum absolute atomic E-state index is 5.77. The van der Waals surface area contributed by atoms with Gasteiger partial charge >= 0.3 is 0 Å². The number of aromatic nitrogens is 1. The van der Waals surface area contributed by atoms with Crippen molar-refractivity contribution in [1.29, 1.82) is 0 Å². The van der Waals surface area contributed by atoms with Gasteiger partial charge in [-0.1, -0.05) is 0 Å². The third-order valence-corrected chi connectivity index (χ3v) is 3.69. The molecule has 2 heterocycles. The van der Waals surface area contributed by atoms with E-state index >= 15 is 0 Å². The Hall–Kier alpha value is -0.910. The Morgan fingerprint density at radius 1 is 1.26 bits per heavy atom. The molecular weight excluding hydrogens is 240 g/mol. The molecule has 1 fully saturated rings. The van der Waals surface area contributed by atoms with Crippen LogP contribution in [0.3, 0.4) is 0 Å². The minimum atomic E-state index is 0.887. The van der Waals surface area contributed by atoms with Crippen LogP contribution in [-0.2, 0) is 12.8 Å². The molecule has 0 spiro atoms. The van der Waals surface area contributed by atoms with Gasteiger partial charge in [0.05, 0.1) is 6.20 Å². The minimum Gasteiger partial charge on any atom is -0.446 e. The van der Waals surface area contributed by atoms with Gasteiger partial charge in [0.15, 0.2) is 5.89 Å². The highest BCUT2D eigenvalue weighted by Crippen LogP contribution is 2.08. The zero-order valence-corrected chi connectivity index (χ0v) is 12.2. The number of hydrogen-bond donors (Lipinski definition) is 1. The molecule has 0 aromatic carbocycles. The van der Waals surface area contributed by atoms with E-state index in [9.17, 15) is 0 Å². The summed E-state index contributed by atoms with van der Waals surface area (Å²) in [5.74, 6) is 1.90. The molecule has 2 rings (SSSR count). The van der Waals surface area contributed by atoms with Crippen molar-refractivity contribution in [2.45, 2.75) is 19.3 Å². The number of rotatable bonds is 7. The highest BCUT2D eigenvalue weighted by atomic mass is 16.4. The minimum absolute atomic E-state index is 0.887. The van der Waals surface area contributed by atoms with Gasteiger partial charge in [-0.15, -0.1) is 0 Å². The summed E-state index contributed by atoms with van der Waals surface area (Å²) in [7, 11) is 4.16. The summed E-state index contributed by atoms with van der Waals surface area (Å²) in [5, 5.41) is 3.14. The lowest BCUT2D eigenvalue weighted by molar-refractivity contribution is 0.153. The van der Waals surface area contributed by atoms with Crippen molar-refractivity contribution in [3.63, 3.8) is 0 Å². The molecule has 1 aliphatic heterocycles. The van der Waals surface area contributed by atoms with Crippen LogP contribution in [0.5, 0.6) is 0 Å². The van der Waals surface area contributed by atoms with Gasteiger partial charge in [0.1, 0.15) is 5.76 Å². The van der Waals surface area contributed by atoms with E-state index in [1.54, 1.807) is 0 Å². The first-order valence-corrected chi connectivity index (χ1v) is 7.27. The van der Waals surface area contributed by atoms with Crippen LogP contribution in [0.4, 0.5) is 0 Å². The summed E-state index contributed by atoms with van der Waals surface area (Å²) in [5.41, 5.74) is 0. The second-order valence-electron chi connectivity index (χ2n) is 5.32. The van der Waals surface area contributed by atoms with Crippen LogP contribution < -0.4 is 5.32 Å². The van der Waals surface area contributed by atoms with E-state index in [0.29, 0.717) is 0 Å². The Balaban J connectivity index is 1.68. The van der Waals surface area contributed by atoms with E-state index in [-0.39, 0.29) is 0 Å². The Morgan fingerprint density at radius 2 is 2.05 bits per heavy atom. The maximum atomic E-state index is 5.77. The third kappa shape index (κ3) is 4.93. The van der Waals surface area contributed by atoms with Gasteiger partial charge in [-0.3, -0.25) is 0 Å². The highest BCUT2D eigenvalue weighted by Gasteiger charge is 2.14. The zero-order valence-electron chi connectivity index (χ0n) is 12.2. The molecule has 19 heavy (non-hydrogen) atoms. The Morgan fingerprint density at radius 3 is 2.79 bits per heavy atom. The van der Waals surface area contributed by atoms with Crippen LogP contribution in [-0.4, -0.2) is 68.1 Å². The van der Waals surface area contributed by atoms with Gasteiger partial charge in [-0.25, -0.2) is 4.98 Å². The van der Waals surface area contributed by atoms with Crippen LogP contribution in [0.1, 0.15) is 18.1 Å². The standard InChI is InChI=1S/C14H26N4O/c1-15-6-3-4-13-12-16-14(19-13)5-7-18-10-8-17(2)9-11-18/h12,15H,3-11H2,1-2H3. The number of nitrogens with zero attached hydrogens (tertiary/aromatic N) is 3. The second kappa shape index (κ2) is 7.62. The monoisotopic (exact) mass is 266 g/mol. The first-order chi connectivity index (χ1) is 9.28. The van der Waals surface area contributed by atoms with E-state index in [0.717, 1.165) is 57.1 Å². The summed E-state index contributed by atoms with van der Waals surface area (Å²) < 4.78 is 5.77. The molecule has 1 N–H and O–H groups in total.